The zero-order chi connectivity index (χ0) is 31.9. The number of alkyl halides is 11. The van der Waals surface area contributed by atoms with Crippen molar-refractivity contribution in [1.82, 2.24) is 10.6 Å². The van der Waals surface area contributed by atoms with Crippen molar-refractivity contribution in [3.8, 4) is 0 Å². The van der Waals surface area contributed by atoms with Crippen molar-refractivity contribution in [3.63, 3.8) is 0 Å². The number of halogens is 11. The van der Waals surface area contributed by atoms with Gasteiger partial charge in [0, 0.05) is 12.2 Å². The summed E-state index contributed by atoms with van der Waals surface area (Å²) in [5.41, 5.74) is 5.15. The second kappa shape index (κ2) is 13.7. The zero-order valence-electron chi connectivity index (χ0n) is 19.4. The van der Waals surface area contributed by atoms with E-state index in [0.29, 0.717) is 0 Å². The molecule has 0 heterocycles. The van der Waals surface area contributed by atoms with Crippen molar-refractivity contribution < 1.29 is 82.8 Å². The number of carbonyl (C=O) groups is 4. The predicted molar refractivity (Wildman–Crippen MR) is 111 cm³/mol. The van der Waals surface area contributed by atoms with E-state index in [-0.39, 0.29) is 6.08 Å². The molecule has 0 radical (unpaired) electrons. The first-order valence-electron chi connectivity index (χ1n) is 10.2. The van der Waals surface area contributed by atoms with Gasteiger partial charge in [0.1, 0.15) is 18.6 Å². The lowest BCUT2D eigenvalue weighted by Crippen LogP contribution is -2.66. The number of amides is 2. The Kier molecular flexibility index (Phi) is 12.7. The highest BCUT2D eigenvalue weighted by atomic mass is 32.2. The molecule has 22 heteroatoms. The summed E-state index contributed by atoms with van der Waals surface area (Å²) < 4.78 is 147. The van der Waals surface area contributed by atoms with Crippen LogP contribution in [0.5, 0.6) is 0 Å². The third-order valence-corrected chi connectivity index (χ3v) is 5.83. The molecule has 0 unspecified atom stereocenters. The molecule has 0 saturated heterocycles. The van der Waals surface area contributed by atoms with Crippen molar-refractivity contribution in [2.45, 2.75) is 54.8 Å². The summed E-state index contributed by atoms with van der Waals surface area (Å²) in [5.74, 6) is -36.9. The first-order chi connectivity index (χ1) is 17.9. The monoisotopic (exact) mass is 631 g/mol. The van der Waals surface area contributed by atoms with Crippen LogP contribution in [0.3, 0.4) is 0 Å². The van der Waals surface area contributed by atoms with Crippen LogP contribution < -0.4 is 16.4 Å². The third kappa shape index (κ3) is 8.56. The lowest BCUT2D eigenvalue weighted by atomic mass is 9.97. The van der Waals surface area contributed by atoms with Gasteiger partial charge in [-0.05, 0) is 12.5 Å². The summed E-state index contributed by atoms with van der Waals surface area (Å²) in [5, 5.41) is 29.5. The highest BCUT2D eigenvalue weighted by Gasteiger charge is 2.87. The number of nitrogens with two attached hydrogens (primary N) is 1. The minimum atomic E-state index is -7.76. The van der Waals surface area contributed by atoms with Gasteiger partial charge in [-0.2, -0.15) is 48.3 Å². The molecule has 0 aliphatic carbocycles. The molecular formula is C18H20F11N3O7S. The van der Waals surface area contributed by atoms with Crippen LogP contribution in [0.15, 0.2) is 11.0 Å². The first-order valence-corrected chi connectivity index (χ1v) is 11.2. The molecule has 0 bridgehead atoms. The van der Waals surface area contributed by atoms with Gasteiger partial charge >= 0.3 is 41.8 Å². The molecule has 10 nitrogen and oxygen atoms in total. The minimum absolute atomic E-state index is 0.375. The zero-order valence-corrected chi connectivity index (χ0v) is 20.2. The van der Waals surface area contributed by atoms with Gasteiger partial charge in [0.25, 0.3) is 0 Å². The predicted octanol–water partition coefficient (Wildman–Crippen LogP) is 1.58. The van der Waals surface area contributed by atoms with E-state index >= 15 is 0 Å². The molecule has 2 atom stereocenters. The lowest BCUT2D eigenvalue weighted by Gasteiger charge is -2.38. The van der Waals surface area contributed by atoms with Crippen LogP contribution in [-0.2, 0) is 19.2 Å². The Bertz CT molecular complexity index is 978. The number of carboxylic acids is 2. The van der Waals surface area contributed by atoms with Gasteiger partial charge in [0.05, 0.1) is 11.5 Å². The van der Waals surface area contributed by atoms with Gasteiger partial charge in [-0.3, -0.25) is 19.2 Å². The highest BCUT2D eigenvalue weighted by molar-refractivity contribution is 8.03. The molecule has 0 aliphatic rings. The standard InChI is InChI=1S/C18H20F11N3O7S/c19-14(20,15(21,22)16(23,24)17(25,26)18(27,28)29)9(3-4-33)40-6-8(12(37)31-5-11(35)36)32-10(34)2-1-7(30)13(38)39/h3,7-8,33H,1-2,4-6,30H2,(H,31,37)(H,32,34)(H,35,36)(H,38,39)/b9-3+/t7-,8-/m0/s1. The van der Waals surface area contributed by atoms with Gasteiger partial charge in [0.2, 0.25) is 11.8 Å². The van der Waals surface area contributed by atoms with E-state index in [1.54, 1.807) is 10.6 Å². The van der Waals surface area contributed by atoms with E-state index in [1.807, 2.05) is 0 Å². The van der Waals surface area contributed by atoms with Gasteiger partial charge in [-0.1, -0.05) is 0 Å². The number of thioether (sulfide) groups is 1. The van der Waals surface area contributed by atoms with E-state index in [1.165, 1.54) is 0 Å². The Balaban J connectivity index is 6.18. The van der Waals surface area contributed by atoms with Crippen LogP contribution in [0.4, 0.5) is 48.3 Å². The maximum Gasteiger partial charge on any atom is 0.460 e. The average molecular weight is 631 g/mol. The number of hydrogen-bond acceptors (Lipinski definition) is 7. The summed E-state index contributed by atoms with van der Waals surface area (Å²) in [6, 6.07) is -3.81. The number of aliphatic carboxylic acids is 2. The fourth-order valence-corrected chi connectivity index (χ4v) is 3.49. The van der Waals surface area contributed by atoms with Crippen molar-refractivity contribution in [1.29, 1.82) is 0 Å². The second-order valence-corrected chi connectivity index (χ2v) is 8.63. The molecule has 0 aliphatic heterocycles. The number of carbonyl (C=O) groups excluding carboxylic acids is 2. The van der Waals surface area contributed by atoms with Crippen molar-refractivity contribution >= 4 is 35.5 Å². The van der Waals surface area contributed by atoms with E-state index < -0.39 is 114 Å². The Labute approximate surface area is 220 Å². The van der Waals surface area contributed by atoms with Crippen molar-refractivity contribution in [3.05, 3.63) is 11.0 Å². The molecule has 0 rings (SSSR count). The molecule has 40 heavy (non-hydrogen) atoms. The van der Waals surface area contributed by atoms with Crippen molar-refractivity contribution in [2.24, 2.45) is 5.73 Å². The van der Waals surface area contributed by atoms with Crippen LogP contribution in [0.1, 0.15) is 12.8 Å². The van der Waals surface area contributed by atoms with Crippen LogP contribution >= 0.6 is 11.8 Å². The largest absolute Gasteiger partial charge is 0.480 e. The van der Waals surface area contributed by atoms with Crippen LogP contribution in [0.2, 0.25) is 0 Å². The summed E-state index contributed by atoms with van der Waals surface area (Å²) in [7, 11) is 0. The molecule has 0 aromatic carbocycles. The molecule has 2 amide bonds. The van der Waals surface area contributed by atoms with Gasteiger partial charge in [-0.15, -0.1) is 11.8 Å². The minimum Gasteiger partial charge on any atom is -0.480 e. The first kappa shape index (κ1) is 37.1. The normalized spacial score (nSPS) is 15.3. The number of nitrogens with one attached hydrogen (secondary N) is 2. The summed E-state index contributed by atoms with van der Waals surface area (Å²) in [6.07, 6.45) is -9.14. The van der Waals surface area contributed by atoms with Crippen LogP contribution in [0.25, 0.3) is 0 Å². The summed E-state index contributed by atoms with van der Waals surface area (Å²) >= 11 is -0.774. The topological polar surface area (TPSA) is 179 Å². The number of aliphatic hydroxyl groups excluding tert-OH is 1. The summed E-state index contributed by atoms with van der Waals surface area (Å²) in [6.45, 7) is -2.86. The maximum atomic E-state index is 14.5. The molecule has 0 spiro atoms. The lowest BCUT2D eigenvalue weighted by molar-refractivity contribution is -0.417. The third-order valence-electron chi connectivity index (χ3n) is 4.60. The highest BCUT2D eigenvalue weighted by Crippen LogP contribution is 2.59. The van der Waals surface area contributed by atoms with Gasteiger partial charge in [-0.25, -0.2) is 0 Å². The van der Waals surface area contributed by atoms with E-state index in [2.05, 4.69) is 0 Å². The SMILES string of the molecule is N[C@@H](CCC(=O)N[C@@H](CS/C(=C/CO)C(F)(F)C(F)(F)C(F)(F)C(F)(F)C(F)(F)F)C(=O)NCC(=O)O)C(=O)O. The Morgan fingerprint density at radius 1 is 0.875 bits per heavy atom. The fraction of sp³-hybridized carbons (Fsp3) is 0.667. The fourth-order valence-electron chi connectivity index (χ4n) is 2.41. The molecular weight excluding hydrogens is 611 g/mol. The number of aliphatic hydroxyl groups is 1. The maximum absolute atomic E-state index is 14.5. The Morgan fingerprint density at radius 3 is 1.82 bits per heavy atom. The Morgan fingerprint density at radius 2 is 1.40 bits per heavy atom. The molecule has 7 N–H and O–H groups in total. The molecule has 0 aromatic heterocycles. The molecule has 0 saturated carbocycles. The van der Waals surface area contributed by atoms with Gasteiger partial charge < -0.3 is 31.7 Å². The molecule has 0 fully saturated rings. The number of rotatable bonds is 16. The number of hydrogen-bond donors (Lipinski definition) is 6. The second-order valence-electron chi connectivity index (χ2n) is 7.57. The average Bonchev–Trinajstić information content (AvgIpc) is 2.81. The van der Waals surface area contributed by atoms with Crippen LogP contribution in [-0.4, -0.2) is 99.9 Å². The molecule has 0 aromatic rings. The summed E-state index contributed by atoms with van der Waals surface area (Å²) in [4.78, 5) is 43.1. The molecule has 232 valence electrons. The smallest absolute Gasteiger partial charge is 0.460 e. The van der Waals surface area contributed by atoms with E-state index in [0.717, 1.165) is 0 Å². The quantitative estimate of drug-likeness (QED) is 0.138. The van der Waals surface area contributed by atoms with Gasteiger partial charge in [0.15, 0.2) is 0 Å². The van der Waals surface area contributed by atoms with E-state index in [4.69, 9.17) is 21.1 Å². The van der Waals surface area contributed by atoms with Crippen molar-refractivity contribution in [2.75, 3.05) is 18.9 Å². The van der Waals surface area contributed by atoms with E-state index in [9.17, 15) is 67.5 Å². The number of carboxylic acid groups (broad SMARTS) is 2. The van der Waals surface area contributed by atoms with Crippen LogP contribution in [0, 0.1) is 0 Å². The Hall–Kier alpha value is -2.88. The number of allylic oxidation sites excluding steroid dienone is 1.